The lowest BCUT2D eigenvalue weighted by Gasteiger charge is -2.31. The number of anilines is 3. The highest BCUT2D eigenvalue weighted by molar-refractivity contribution is 7.98. The molecular weight excluding hydrogens is 1230 g/mol. The number of likely N-dealkylation sites (tertiary alicyclic amines) is 1. The molecular formula is C65H75Cl2N13O8S2. The van der Waals surface area contributed by atoms with Crippen LogP contribution in [0.15, 0.2) is 134 Å². The Kier molecular flexibility index (Phi) is 25.4. The molecule has 10 rings (SSSR count). The van der Waals surface area contributed by atoms with E-state index >= 15 is 0 Å². The molecule has 1 fully saturated rings. The van der Waals surface area contributed by atoms with Gasteiger partial charge in [0.15, 0.2) is 17.3 Å². The number of ketones is 3. The molecule has 1 aliphatic heterocycles. The van der Waals surface area contributed by atoms with Crippen LogP contribution in [-0.4, -0.2) is 149 Å². The topological polar surface area (TPSA) is 286 Å². The summed E-state index contributed by atoms with van der Waals surface area (Å²) in [5, 5.41) is 5.43. The number of thiazole rings is 1. The monoisotopic (exact) mass is 1300 g/mol. The number of rotatable bonds is 27. The molecule has 1 saturated heterocycles. The van der Waals surface area contributed by atoms with Gasteiger partial charge in [-0.3, -0.25) is 24.3 Å². The lowest BCUT2D eigenvalue weighted by Crippen LogP contribution is -2.36. The minimum Gasteiger partial charge on any atom is -0.492 e. The normalized spacial score (nSPS) is 12.6. The number of nitrogens with two attached hydrogens (primary N) is 3. The fourth-order valence-corrected chi connectivity index (χ4v) is 11.5. The van der Waals surface area contributed by atoms with Crippen molar-refractivity contribution in [2.75, 3.05) is 105 Å². The van der Waals surface area contributed by atoms with Gasteiger partial charge >= 0.3 is 0 Å². The third-order valence-electron chi connectivity index (χ3n) is 14.4. The molecule has 0 unspecified atom stereocenters. The van der Waals surface area contributed by atoms with Crippen LogP contribution in [0.1, 0.15) is 78.8 Å². The zero-order valence-corrected chi connectivity index (χ0v) is 54.4. The highest BCUT2D eigenvalue weighted by Crippen LogP contribution is 2.33. The predicted molar refractivity (Wildman–Crippen MR) is 355 cm³/mol. The van der Waals surface area contributed by atoms with Crippen molar-refractivity contribution in [1.29, 1.82) is 0 Å². The molecule has 0 radical (unpaired) electrons. The summed E-state index contributed by atoms with van der Waals surface area (Å²) in [6, 6.07) is 24.8. The summed E-state index contributed by atoms with van der Waals surface area (Å²) in [6.07, 6.45) is 16.0. The van der Waals surface area contributed by atoms with E-state index < -0.39 is 0 Å². The van der Waals surface area contributed by atoms with Gasteiger partial charge in [-0.25, -0.2) is 9.97 Å². The smallest absolute Gasteiger partial charge is 0.292 e. The summed E-state index contributed by atoms with van der Waals surface area (Å²) in [6.45, 7) is 7.41. The van der Waals surface area contributed by atoms with Crippen molar-refractivity contribution >= 4 is 81.7 Å². The van der Waals surface area contributed by atoms with E-state index in [4.69, 9.17) is 63.1 Å². The zero-order valence-electron chi connectivity index (χ0n) is 51.2. The first-order valence-corrected chi connectivity index (χ1v) is 32.0. The molecule has 0 atom stereocenters. The number of hydrogen-bond donors (Lipinski definition) is 4. The van der Waals surface area contributed by atoms with Crippen LogP contribution in [0.5, 0.6) is 11.6 Å². The van der Waals surface area contributed by atoms with E-state index in [0.29, 0.717) is 34.7 Å². The number of halogens is 2. The summed E-state index contributed by atoms with van der Waals surface area (Å²) >= 11 is 15.9. The maximum atomic E-state index is 12.5. The standard InChI is InChI=1S/C22H26ClN5O2S.C22H26N4O3S.C21H23ClN4O3/c1-25-10-14-4-6-28(7-5-14)12-21-26-11-20(31-21)15-2-3-17(23)16(8-15)9-19(29)18-13-30-22(24)27-18;1-26(2)9-4-10-28-21-8-6-16(13-24-21)15-5-7-20(30-3)17(11-15)12-19(27)18-14-29-22(23)25-18;1-26(2)8-3-9-28-16-5-7-18(24-12-16)14-4-6-17(22)15(10-14)11-20(27)19-13-29-21(23)25-19/h2-3,8,11,13-14,25H,4-7,9-10,12H2,1H3,(H2,24,27);5-8,11,13-14H,4,9-10,12H2,1-3H3,(H2,23,25);4-7,10,12-13H,3,8-9,11H2,1-2H3,(H2,23,25). The molecule has 7 N–H and O–H groups in total. The number of Topliss-reactive ketones (excluding diaryl/α,β-unsaturated/α-hetero) is 3. The van der Waals surface area contributed by atoms with E-state index in [2.05, 4.69) is 49.9 Å². The van der Waals surface area contributed by atoms with Gasteiger partial charge in [0.2, 0.25) is 5.88 Å². The Balaban J connectivity index is 0.000000174. The number of pyridine rings is 2. The van der Waals surface area contributed by atoms with E-state index in [1.54, 1.807) is 41.6 Å². The summed E-state index contributed by atoms with van der Waals surface area (Å²) in [7, 11) is 10.2. The van der Waals surface area contributed by atoms with Gasteiger partial charge in [0, 0.05) is 76.9 Å². The molecule has 474 valence electrons. The van der Waals surface area contributed by atoms with Gasteiger partial charge in [0.05, 0.1) is 36.5 Å². The number of nitrogens with one attached hydrogen (secondary N) is 1. The fraction of sp³-hybridized carbons (Fsp3) is 0.338. The third-order valence-corrected chi connectivity index (χ3v) is 17.0. The number of piperidine rings is 1. The van der Waals surface area contributed by atoms with Crippen LogP contribution >= 0.6 is 46.3 Å². The van der Waals surface area contributed by atoms with E-state index in [9.17, 15) is 14.4 Å². The van der Waals surface area contributed by atoms with E-state index in [0.717, 1.165) is 118 Å². The second-order valence-electron chi connectivity index (χ2n) is 21.8. The van der Waals surface area contributed by atoms with Gasteiger partial charge < -0.3 is 55.0 Å². The van der Waals surface area contributed by atoms with Crippen molar-refractivity contribution in [1.82, 2.24) is 49.9 Å². The van der Waals surface area contributed by atoms with Crippen molar-refractivity contribution in [2.24, 2.45) is 5.92 Å². The number of hydrogen-bond acceptors (Lipinski definition) is 23. The highest BCUT2D eigenvalue weighted by Gasteiger charge is 2.22. The molecule has 0 spiro atoms. The van der Waals surface area contributed by atoms with Crippen molar-refractivity contribution in [2.45, 2.75) is 56.4 Å². The van der Waals surface area contributed by atoms with Crippen LogP contribution in [0.25, 0.3) is 32.8 Å². The minimum absolute atomic E-state index is 0.00714. The summed E-state index contributed by atoms with van der Waals surface area (Å²) in [5.74, 6) is 1.56. The maximum absolute atomic E-state index is 12.5. The number of aromatic nitrogens is 6. The van der Waals surface area contributed by atoms with Crippen LogP contribution in [0, 0.1) is 5.92 Å². The molecule has 0 aliphatic carbocycles. The van der Waals surface area contributed by atoms with Crippen LogP contribution < -0.4 is 32.0 Å². The third kappa shape index (κ3) is 20.5. The van der Waals surface area contributed by atoms with Crippen molar-refractivity contribution < 1.29 is 37.1 Å². The fourth-order valence-electron chi connectivity index (χ4n) is 9.61. The second kappa shape index (κ2) is 33.7. The molecule has 1 aliphatic rings. The Morgan fingerprint density at radius 2 is 1.18 bits per heavy atom. The Hall–Kier alpha value is -8.00. The van der Waals surface area contributed by atoms with Gasteiger partial charge in [-0.2, -0.15) is 15.0 Å². The molecule has 9 aromatic rings. The number of carbonyl (C=O) groups is 3. The molecule has 0 saturated carbocycles. The molecule has 90 heavy (non-hydrogen) atoms. The zero-order chi connectivity index (χ0) is 64.1. The first kappa shape index (κ1) is 67.9. The summed E-state index contributed by atoms with van der Waals surface area (Å²) < 4.78 is 26.2. The summed E-state index contributed by atoms with van der Waals surface area (Å²) in [4.78, 5) is 71.4. The Labute approximate surface area is 542 Å². The lowest BCUT2D eigenvalue weighted by atomic mass is 9.97. The van der Waals surface area contributed by atoms with Crippen LogP contribution in [0.4, 0.5) is 18.0 Å². The van der Waals surface area contributed by atoms with Gasteiger partial charge in [-0.15, -0.1) is 23.1 Å². The summed E-state index contributed by atoms with van der Waals surface area (Å²) in [5.41, 5.74) is 23.9. The van der Waals surface area contributed by atoms with Crippen molar-refractivity contribution in [3.8, 4) is 44.5 Å². The molecule has 25 heteroatoms. The quantitative estimate of drug-likeness (QED) is 0.0211. The predicted octanol–water partition coefficient (Wildman–Crippen LogP) is 11.4. The Bertz CT molecular complexity index is 3770. The van der Waals surface area contributed by atoms with Crippen molar-refractivity contribution in [3.63, 3.8) is 0 Å². The molecule has 0 amide bonds. The minimum atomic E-state index is -0.223. The SMILES string of the molecule is CN(C)CCCOc1ccc(-c2ccc(Cl)c(CC(=O)c3coc(N)n3)c2)nc1.CNCC1CCN(Cc2ncc(-c3ccc(Cl)c(CC(=O)c4coc(N)n4)c3)s2)CC1.CSc1ccc(-c2ccc(OCCCN(C)C)nc2)cc1CC(=O)c1coc(N)n1. The van der Waals surface area contributed by atoms with E-state index in [-0.39, 0.29) is 71.7 Å². The first-order valence-electron chi connectivity index (χ1n) is 29.2. The second-order valence-corrected chi connectivity index (χ2v) is 24.6. The molecule has 21 nitrogen and oxygen atoms in total. The van der Waals surface area contributed by atoms with Crippen molar-refractivity contribution in [3.05, 3.63) is 165 Å². The highest BCUT2D eigenvalue weighted by atomic mass is 35.5. The molecule has 6 aromatic heterocycles. The average Bonchev–Trinajstić information content (AvgIpc) is 1.43. The Morgan fingerprint density at radius 1 is 0.644 bits per heavy atom. The number of nitrogens with zero attached hydrogens (tertiary/aromatic N) is 9. The molecule has 7 heterocycles. The molecule has 3 aromatic carbocycles. The van der Waals surface area contributed by atoms with Gasteiger partial charge in [0.25, 0.3) is 18.0 Å². The van der Waals surface area contributed by atoms with Gasteiger partial charge in [-0.05, 0) is 175 Å². The van der Waals surface area contributed by atoms with E-state index in [1.165, 1.54) is 31.6 Å². The lowest BCUT2D eigenvalue weighted by molar-refractivity contribution is 0.0979. The number of ether oxygens (including phenoxy) is 2. The van der Waals surface area contributed by atoms with E-state index in [1.807, 2.05) is 120 Å². The number of thioether (sulfide) groups is 1. The Morgan fingerprint density at radius 3 is 1.69 bits per heavy atom. The number of oxazole rings is 3. The number of nitrogen functional groups attached to an aromatic ring is 3. The maximum Gasteiger partial charge on any atom is 0.292 e. The first-order chi connectivity index (χ1) is 43.4. The average molecular weight is 1300 g/mol. The van der Waals surface area contributed by atoms with Crippen LogP contribution in [-0.2, 0) is 25.8 Å². The largest absolute Gasteiger partial charge is 0.492 e. The number of benzene rings is 3. The van der Waals surface area contributed by atoms with Crippen LogP contribution in [0.3, 0.4) is 0 Å². The van der Waals surface area contributed by atoms with Crippen LogP contribution in [0.2, 0.25) is 10.0 Å². The number of carbonyl (C=O) groups excluding carboxylic acids is 3. The van der Waals surface area contributed by atoms with Gasteiger partial charge in [-0.1, -0.05) is 41.4 Å². The van der Waals surface area contributed by atoms with Gasteiger partial charge in [0.1, 0.15) is 46.6 Å². The molecule has 0 bridgehead atoms.